The lowest BCUT2D eigenvalue weighted by atomic mass is 10.1. The predicted octanol–water partition coefficient (Wildman–Crippen LogP) is 5.26. The Morgan fingerprint density at radius 2 is 1.57 bits per heavy atom. The highest BCUT2D eigenvalue weighted by molar-refractivity contribution is 6.31. The highest BCUT2D eigenvalue weighted by atomic mass is 35.5. The highest BCUT2D eigenvalue weighted by Crippen LogP contribution is 2.26. The molecule has 0 unspecified atom stereocenters. The standard InChI is InChI=1S/C16H9Cl2FN2/c17-12-8-11(6-7-13(12)19)16-20-14(9-15(18)21-16)10-4-2-1-3-5-10/h1-9H. The Balaban J connectivity index is 2.11. The largest absolute Gasteiger partial charge is 0.228 e. The van der Waals surface area contributed by atoms with Gasteiger partial charge in [-0.2, -0.15) is 0 Å². The van der Waals surface area contributed by atoms with E-state index in [1.54, 1.807) is 12.1 Å². The number of rotatable bonds is 2. The Bertz CT molecular complexity index is 792. The van der Waals surface area contributed by atoms with Crippen LogP contribution in [0, 0.1) is 5.82 Å². The van der Waals surface area contributed by atoms with Crippen molar-refractivity contribution in [2.45, 2.75) is 0 Å². The van der Waals surface area contributed by atoms with E-state index in [0.29, 0.717) is 22.2 Å². The molecule has 3 rings (SSSR count). The second-order valence-corrected chi connectivity index (χ2v) is 5.19. The van der Waals surface area contributed by atoms with Crippen molar-refractivity contribution in [2.75, 3.05) is 0 Å². The molecule has 0 spiro atoms. The molecule has 0 aliphatic carbocycles. The van der Waals surface area contributed by atoms with Crippen molar-refractivity contribution in [3.8, 4) is 22.6 Å². The second-order valence-electron chi connectivity index (χ2n) is 4.39. The van der Waals surface area contributed by atoms with Crippen LogP contribution in [0.15, 0.2) is 54.6 Å². The normalized spacial score (nSPS) is 10.6. The van der Waals surface area contributed by atoms with E-state index in [0.717, 1.165) is 5.56 Å². The number of halogens is 3. The number of hydrogen-bond donors (Lipinski definition) is 0. The first-order valence-corrected chi connectivity index (χ1v) is 6.94. The number of aromatic nitrogens is 2. The van der Waals surface area contributed by atoms with Crippen molar-refractivity contribution in [1.29, 1.82) is 0 Å². The Morgan fingerprint density at radius 1 is 0.810 bits per heavy atom. The molecule has 5 heteroatoms. The molecule has 2 nitrogen and oxygen atoms in total. The fourth-order valence-corrected chi connectivity index (χ4v) is 2.30. The van der Waals surface area contributed by atoms with E-state index in [1.165, 1.54) is 12.1 Å². The third kappa shape index (κ3) is 3.04. The molecule has 0 saturated heterocycles. The van der Waals surface area contributed by atoms with Gasteiger partial charge < -0.3 is 0 Å². The van der Waals surface area contributed by atoms with Gasteiger partial charge in [-0.05, 0) is 18.2 Å². The molecule has 1 heterocycles. The van der Waals surface area contributed by atoms with Crippen LogP contribution in [0.2, 0.25) is 10.2 Å². The van der Waals surface area contributed by atoms with Crippen LogP contribution in [0.1, 0.15) is 0 Å². The van der Waals surface area contributed by atoms with Crippen molar-refractivity contribution >= 4 is 23.2 Å². The molecule has 0 aliphatic heterocycles. The first-order chi connectivity index (χ1) is 10.1. The summed E-state index contributed by atoms with van der Waals surface area (Å²) in [5, 5.41) is 0.344. The lowest BCUT2D eigenvalue weighted by Gasteiger charge is -2.06. The molecular weight excluding hydrogens is 310 g/mol. The number of hydrogen-bond acceptors (Lipinski definition) is 2. The van der Waals surface area contributed by atoms with Crippen molar-refractivity contribution in [1.82, 2.24) is 9.97 Å². The summed E-state index contributed by atoms with van der Waals surface area (Å²) in [5.74, 6) is -0.0750. The molecule has 0 saturated carbocycles. The van der Waals surface area contributed by atoms with Crippen LogP contribution in [0.5, 0.6) is 0 Å². The molecule has 0 amide bonds. The summed E-state index contributed by atoms with van der Waals surface area (Å²) in [4.78, 5) is 8.64. The second kappa shape index (κ2) is 5.80. The van der Waals surface area contributed by atoms with Gasteiger partial charge in [-0.3, -0.25) is 0 Å². The minimum absolute atomic E-state index is 0.0253. The van der Waals surface area contributed by atoms with Gasteiger partial charge in [-0.25, -0.2) is 14.4 Å². The van der Waals surface area contributed by atoms with Gasteiger partial charge in [0.15, 0.2) is 5.82 Å². The number of nitrogens with zero attached hydrogens (tertiary/aromatic N) is 2. The minimum atomic E-state index is -0.481. The highest BCUT2D eigenvalue weighted by Gasteiger charge is 2.09. The van der Waals surface area contributed by atoms with Gasteiger partial charge in [0.05, 0.1) is 10.7 Å². The summed E-state index contributed by atoms with van der Waals surface area (Å²) in [5.41, 5.74) is 2.24. The van der Waals surface area contributed by atoms with E-state index in [9.17, 15) is 4.39 Å². The van der Waals surface area contributed by atoms with E-state index in [2.05, 4.69) is 9.97 Å². The zero-order chi connectivity index (χ0) is 14.8. The molecule has 104 valence electrons. The summed E-state index contributed by atoms with van der Waals surface area (Å²) >= 11 is 11.9. The zero-order valence-corrected chi connectivity index (χ0v) is 12.2. The van der Waals surface area contributed by atoms with E-state index in [4.69, 9.17) is 23.2 Å². The van der Waals surface area contributed by atoms with Gasteiger partial charge in [-0.15, -0.1) is 0 Å². The van der Waals surface area contributed by atoms with Gasteiger partial charge in [0.25, 0.3) is 0 Å². The maximum atomic E-state index is 13.2. The van der Waals surface area contributed by atoms with Crippen LogP contribution >= 0.6 is 23.2 Å². The summed E-state index contributed by atoms with van der Waals surface area (Å²) in [6, 6.07) is 15.6. The van der Waals surface area contributed by atoms with Crippen molar-refractivity contribution < 1.29 is 4.39 Å². The average molecular weight is 319 g/mol. The maximum absolute atomic E-state index is 13.2. The molecule has 21 heavy (non-hydrogen) atoms. The lowest BCUT2D eigenvalue weighted by molar-refractivity contribution is 0.628. The Kier molecular flexibility index (Phi) is 3.86. The fraction of sp³-hybridized carbons (Fsp3) is 0. The fourth-order valence-electron chi connectivity index (χ4n) is 1.94. The summed E-state index contributed by atoms with van der Waals surface area (Å²) in [6.45, 7) is 0. The predicted molar refractivity (Wildman–Crippen MR) is 82.9 cm³/mol. The van der Waals surface area contributed by atoms with Crippen LogP contribution in [0.4, 0.5) is 4.39 Å². The quantitative estimate of drug-likeness (QED) is 0.602. The Morgan fingerprint density at radius 3 is 2.29 bits per heavy atom. The van der Waals surface area contributed by atoms with Gasteiger partial charge in [0.2, 0.25) is 0 Å². The third-order valence-electron chi connectivity index (χ3n) is 2.94. The molecule has 3 aromatic rings. The van der Waals surface area contributed by atoms with Crippen LogP contribution in [0.3, 0.4) is 0 Å². The van der Waals surface area contributed by atoms with Gasteiger partial charge >= 0.3 is 0 Å². The first kappa shape index (κ1) is 14.0. The Labute approximate surface area is 131 Å². The zero-order valence-electron chi connectivity index (χ0n) is 10.7. The SMILES string of the molecule is Fc1ccc(-c2nc(Cl)cc(-c3ccccc3)n2)cc1Cl. The van der Waals surface area contributed by atoms with E-state index >= 15 is 0 Å². The molecule has 0 aliphatic rings. The topological polar surface area (TPSA) is 25.8 Å². The monoisotopic (exact) mass is 318 g/mol. The van der Waals surface area contributed by atoms with E-state index in [-0.39, 0.29) is 5.02 Å². The van der Waals surface area contributed by atoms with Gasteiger partial charge in [-0.1, -0.05) is 53.5 Å². The molecule has 0 bridgehead atoms. The maximum Gasteiger partial charge on any atom is 0.161 e. The molecule has 0 radical (unpaired) electrons. The smallest absolute Gasteiger partial charge is 0.161 e. The van der Waals surface area contributed by atoms with Crippen LogP contribution in [0.25, 0.3) is 22.6 Å². The molecule has 2 aromatic carbocycles. The van der Waals surface area contributed by atoms with E-state index in [1.807, 2.05) is 30.3 Å². The van der Waals surface area contributed by atoms with Gasteiger partial charge in [0, 0.05) is 17.2 Å². The van der Waals surface area contributed by atoms with Crippen LogP contribution in [-0.4, -0.2) is 9.97 Å². The summed E-state index contributed by atoms with van der Waals surface area (Å²) < 4.78 is 13.2. The lowest BCUT2D eigenvalue weighted by Crippen LogP contribution is -1.93. The number of benzene rings is 2. The minimum Gasteiger partial charge on any atom is -0.228 e. The van der Waals surface area contributed by atoms with Crippen molar-refractivity contribution in [2.24, 2.45) is 0 Å². The van der Waals surface area contributed by atoms with E-state index < -0.39 is 5.82 Å². The van der Waals surface area contributed by atoms with Crippen molar-refractivity contribution in [3.63, 3.8) is 0 Å². The first-order valence-electron chi connectivity index (χ1n) is 6.19. The van der Waals surface area contributed by atoms with Crippen LogP contribution in [-0.2, 0) is 0 Å². The molecule has 0 fully saturated rings. The molecule has 0 atom stereocenters. The average Bonchev–Trinajstić information content (AvgIpc) is 2.50. The summed E-state index contributed by atoms with van der Waals surface area (Å²) in [7, 11) is 0. The third-order valence-corrected chi connectivity index (χ3v) is 3.43. The Hall–Kier alpha value is -1.97. The molecule has 1 aromatic heterocycles. The van der Waals surface area contributed by atoms with Crippen molar-refractivity contribution in [3.05, 3.63) is 70.6 Å². The van der Waals surface area contributed by atoms with Gasteiger partial charge in [0.1, 0.15) is 11.0 Å². The van der Waals surface area contributed by atoms with Crippen LogP contribution < -0.4 is 0 Å². The molecule has 0 N–H and O–H groups in total. The molecular formula is C16H9Cl2FN2. The summed E-state index contributed by atoms with van der Waals surface area (Å²) in [6.07, 6.45) is 0.